The molecule has 0 unspecified atom stereocenters. The number of aryl methyl sites for hydroxylation is 1. The number of nitrogens with one attached hydrogen (secondary N) is 1. The fraction of sp³-hybridized carbons (Fsp3) is 0.368. The molecule has 0 aliphatic carbocycles. The van der Waals surface area contributed by atoms with Gasteiger partial charge in [-0.25, -0.2) is 4.39 Å². The maximum Gasteiger partial charge on any atom is 0.146 e. The lowest BCUT2D eigenvalue weighted by molar-refractivity contribution is 0.424. The molecule has 2 aromatic rings. The van der Waals surface area contributed by atoms with Crippen molar-refractivity contribution in [1.82, 2.24) is 5.32 Å². The van der Waals surface area contributed by atoms with Gasteiger partial charge in [0.2, 0.25) is 0 Å². The predicted octanol–water partition coefficient (Wildman–Crippen LogP) is 3.89. The molecule has 1 N–H and O–H groups in total. The fourth-order valence-corrected chi connectivity index (χ4v) is 3.10. The fourth-order valence-electron chi connectivity index (χ4n) is 3.10. The molecule has 0 saturated carbocycles. The normalized spacial score (nSPS) is 15.7. The van der Waals surface area contributed by atoms with Crippen LogP contribution in [-0.4, -0.2) is 19.1 Å². The predicted molar refractivity (Wildman–Crippen MR) is 89.7 cm³/mol. The molecule has 2 nitrogen and oxygen atoms in total. The number of hydrogen-bond donors (Lipinski definition) is 1. The molecule has 1 aliphatic heterocycles. The summed E-state index contributed by atoms with van der Waals surface area (Å²) in [6.45, 7) is 4.85. The number of halogens is 1. The van der Waals surface area contributed by atoms with Crippen LogP contribution in [0.4, 0.5) is 10.1 Å². The minimum atomic E-state index is -0.131. The van der Waals surface area contributed by atoms with Crippen molar-refractivity contribution >= 4 is 5.69 Å². The Morgan fingerprint density at radius 3 is 2.41 bits per heavy atom. The van der Waals surface area contributed by atoms with Gasteiger partial charge in [0.25, 0.3) is 0 Å². The summed E-state index contributed by atoms with van der Waals surface area (Å²) in [6.07, 6.45) is 2.11. The first kappa shape index (κ1) is 15.0. The van der Waals surface area contributed by atoms with Crippen molar-refractivity contribution in [2.75, 3.05) is 18.0 Å². The summed E-state index contributed by atoms with van der Waals surface area (Å²) in [4.78, 5) is 2.24. The lowest BCUT2D eigenvalue weighted by atomic mass is 10.0. The number of para-hydroxylation sites is 1. The molecule has 22 heavy (non-hydrogen) atoms. The summed E-state index contributed by atoms with van der Waals surface area (Å²) in [5.74, 6) is -0.131. The van der Waals surface area contributed by atoms with Crippen LogP contribution in [0.25, 0.3) is 0 Å². The van der Waals surface area contributed by atoms with Crippen LogP contribution in [0.5, 0.6) is 0 Å². The minimum Gasteiger partial charge on any atom is -0.362 e. The highest BCUT2D eigenvalue weighted by Gasteiger charge is 2.23. The van der Waals surface area contributed by atoms with E-state index in [9.17, 15) is 4.39 Å². The van der Waals surface area contributed by atoms with Gasteiger partial charge in [0.1, 0.15) is 5.82 Å². The smallest absolute Gasteiger partial charge is 0.146 e. The van der Waals surface area contributed by atoms with Gasteiger partial charge in [-0.3, -0.25) is 0 Å². The summed E-state index contributed by atoms with van der Waals surface area (Å²) in [7, 11) is 0. The highest BCUT2D eigenvalue weighted by Crippen LogP contribution is 2.26. The van der Waals surface area contributed by atoms with Crippen LogP contribution in [0.15, 0.2) is 48.5 Å². The Hall–Kier alpha value is -1.87. The first-order valence-electron chi connectivity index (χ1n) is 8.01. The Balaban J connectivity index is 1.88. The third kappa shape index (κ3) is 3.47. The molecule has 3 heteroatoms. The van der Waals surface area contributed by atoms with Crippen LogP contribution >= 0.6 is 0 Å². The van der Waals surface area contributed by atoms with E-state index in [0.717, 1.165) is 38.2 Å². The molecule has 1 aliphatic rings. The average molecular weight is 298 g/mol. The van der Waals surface area contributed by atoms with Crippen LogP contribution in [0.3, 0.4) is 0 Å². The third-order valence-electron chi connectivity index (χ3n) is 4.38. The summed E-state index contributed by atoms with van der Waals surface area (Å²) in [6, 6.07) is 16.0. The van der Waals surface area contributed by atoms with Crippen molar-refractivity contribution in [2.45, 2.75) is 32.4 Å². The Kier molecular flexibility index (Phi) is 4.74. The largest absolute Gasteiger partial charge is 0.362 e. The van der Waals surface area contributed by atoms with Gasteiger partial charge in [-0.1, -0.05) is 42.0 Å². The van der Waals surface area contributed by atoms with Crippen molar-refractivity contribution in [3.8, 4) is 0 Å². The molecule has 3 rings (SSSR count). The van der Waals surface area contributed by atoms with E-state index < -0.39 is 0 Å². The molecule has 0 radical (unpaired) electrons. The van der Waals surface area contributed by atoms with Gasteiger partial charge in [0.05, 0.1) is 5.69 Å². The van der Waals surface area contributed by atoms with E-state index in [1.54, 1.807) is 12.1 Å². The molecule has 0 amide bonds. The highest BCUT2D eigenvalue weighted by molar-refractivity contribution is 5.49. The zero-order valence-corrected chi connectivity index (χ0v) is 13.1. The van der Waals surface area contributed by atoms with Crippen molar-refractivity contribution in [3.05, 3.63) is 65.5 Å². The van der Waals surface area contributed by atoms with Crippen molar-refractivity contribution in [1.29, 1.82) is 0 Å². The molecule has 0 aromatic heterocycles. The van der Waals surface area contributed by atoms with Crippen LogP contribution in [0.1, 0.15) is 24.0 Å². The van der Waals surface area contributed by atoms with Gasteiger partial charge in [0.15, 0.2) is 0 Å². The molecule has 0 bridgehead atoms. The zero-order valence-electron chi connectivity index (χ0n) is 13.1. The summed E-state index contributed by atoms with van der Waals surface area (Å²) >= 11 is 0. The van der Waals surface area contributed by atoms with E-state index in [-0.39, 0.29) is 5.82 Å². The average Bonchev–Trinajstić information content (AvgIpc) is 2.56. The number of hydrogen-bond acceptors (Lipinski definition) is 2. The Morgan fingerprint density at radius 2 is 1.73 bits per heavy atom. The summed E-state index contributed by atoms with van der Waals surface area (Å²) in [5.41, 5.74) is 3.20. The molecule has 0 atom stereocenters. The Bertz CT molecular complexity index is 603. The Morgan fingerprint density at radius 1 is 1.05 bits per heavy atom. The molecule has 1 fully saturated rings. The number of anilines is 1. The molecular formula is C19H23FN2. The first-order chi connectivity index (χ1) is 10.7. The minimum absolute atomic E-state index is 0.131. The van der Waals surface area contributed by atoms with Crippen LogP contribution in [0.2, 0.25) is 0 Å². The van der Waals surface area contributed by atoms with Crippen LogP contribution in [0, 0.1) is 12.7 Å². The molecule has 1 saturated heterocycles. The number of rotatable bonds is 4. The van der Waals surface area contributed by atoms with Gasteiger partial charge < -0.3 is 10.2 Å². The van der Waals surface area contributed by atoms with E-state index >= 15 is 0 Å². The van der Waals surface area contributed by atoms with Gasteiger partial charge in [0, 0.05) is 12.6 Å². The summed E-state index contributed by atoms with van der Waals surface area (Å²) in [5, 5.41) is 3.39. The molecule has 0 spiro atoms. The number of piperidine rings is 1. The van der Waals surface area contributed by atoms with Gasteiger partial charge >= 0.3 is 0 Å². The maximum atomic E-state index is 14.3. The van der Waals surface area contributed by atoms with E-state index in [2.05, 4.69) is 41.4 Å². The van der Waals surface area contributed by atoms with E-state index in [0.29, 0.717) is 6.04 Å². The Labute approximate surface area is 132 Å². The SMILES string of the molecule is Cc1ccc(CN(c2ccccc2F)C2CCNCC2)cc1. The lowest BCUT2D eigenvalue weighted by Crippen LogP contribution is -2.43. The molecule has 116 valence electrons. The van der Waals surface area contributed by atoms with Crippen molar-refractivity contribution < 1.29 is 4.39 Å². The second kappa shape index (κ2) is 6.93. The third-order valence-corrected chi connectivity index (χ3v) is 4.38. The van der Waals surface area contributed by atoms with Crippen LogP contribution in [-0.2, 0) is 6.54 Å². The standard InChI is InChI=1S/C19H23FN2/c1-15-6-8-16(9-7-15)14-22(17-10-12-21-13-11-17)19-5-3-2-4-18(19)20/h2-9,17,21H,10-14H2,1H3. The summed E-state index contributed by atoms with van der Waals surface area (Å²) < 4.78 is 14.3. The lowest BCUT2D eigenvalue weighted by Gasteiger charge is -2.36. The highest BCUT2D eigenvalue weighted by atomic mass is 19.1. The van der Waals surface area contributed by atoms with E-state index in [1.165, 1.54) is 11.1 Å². The van der Waals surface area contributed by atoms with E-state index in [1.807, 2.05) is 12.1 Å². The topological polar surface area (TPSA) is 15.3 Å². The molecule has 2 aromatic carbocycles. The second-order valence-corrected chi connectivity index (χ2v) is 6.05. The first-order valence-corrected chi connectivity index (χ1v) is 8.01. The number of benzene rings is 2. The van der Waals surface area contributed by atoms with Gasteiger partial charge in [-0.15, -0.1) is 0 Å². The van der Waals surface area contributed by atoms with Crippen molar-refractivity contribution in [3.63, 3.8) is 0 Å². The van der Waals surface area contributed by atoms with Crippen molar-refractivity contribution in [2.24, 2.45) is 0 Å². The molecule has 1 heterocycles. The number of nitrogens with zero attached hydrogens (tertiary/aromatic N) is 1. The van der Waals surface area contributed by atoms with Gasteiger partial charge in [-0.05, 0) is 50.6 Å². The zero-order chi connectivity index (χ0) is 15.4. The second-order valence-electron chi connectivity index (χ2n) is 6.05. The van der Waals surface area contributed by atoms with E-state index in [4.69, 9.17) is 0 Å². The molecular weight excluding hydrogens is 275 g/mol. The van der Waals surface area contributed by atoms with Crippen LogP contribution < -0.4 is 10.2 Å². The maximum absolute atomic E-state index is 14.3. The quantitative estimate of drug-likeness (QED) is 0.921. The monoisotopic (exact) mass is 298 g/mol. The van der Waals surface area contributed by atoms with Gasteiger partial charge in [-0.2, -0.15) is 0 Å².